The van der Waals surface area contributed by atoms with Crippen LogP contribution in [0, 0.1) is 0 Å². The number of aryl methyl sites for hydroxylation is 1. The summed E-state index contributed by atoms with van der Waals surface area (Å²) in [7, 11) is 1.82. The van der Waals surface area contributed by atoms with Gasteiger partial charge in [-0.1, -0.05) is 5.16 Å². The van der Waals surface area contributed by atoms with Crippen LogP contribution in [0.3, 0.4) is 0 Å². The highest BCUT2D eigenvalue weighted by atomic mass is 16.5. The lowest BCUT2D eigenvalue weighted by Crippen LogP contribution is -2.45. The summed E-state index contributed by atoms with van der Waals surface area (Å²) in [5.41, 5.74) is 0.223. The van der Waals surface area contributed by atoms with E-state index in [1.165, 1.54) is 12.8 Å². The molecule has 134 valence electrons. The maximum atomic E-state index is 12.7. The lowest BCUT2D eigenvalue weighted by molar-refractivity contribution is 0.0174. The van der Waals surface area contributed by atoms with E-state index in [-0.39, 0.29) is 11.6 Å². The molecule has 2 saturated heterocycles. The minimum atomic E-state index is -0.823. The zero-order valence-electron chi connectivity index (χ0n) is 14.4. The van der Waals surface area contributed by atoms with Crippen molar-refractivity contribution >= 4 is 5.91 Å². The van der Waals surface area contributed by atoms with Crippen LogP contribution in [0.5, 0.6) is 0 Å². The largest absolute Gasteiger partial charge is 0.387 e. The number of hydrogen-bond acceptors (Lipinski definition) is 6. The predicted octanol–water partition coefficient (Wildman–Crippen LogP) is 0.748. The Hall–Kier alpha value is -2.19. The average molecular weight is 345 g/mol. The van der Waals surface area contributed by atoms with Gasteiger partial charge in [-0.2, -0.15) is 5.10 Å². The molecule has 0 bridgehead atoms. The van der Waals surface area contributed by atoms with Crippen molar-refractivity contribution in [1.82, 2.24) is 24.7 Å². The van der Waals surface area contributed by atoms with Crippen LogP contribution in [0.25, 0.3) is 11.3 Å². The lowest BCUT2D eigenvalue weighted by Gasteiger charge is -2.28. The van der Waals surface area contributed by atoms with E-state index in [0.717, 1.165) is 18.7 Å². The minimum Gasteiger partial charge on any atom is -0.387 e. The topological polar surface area (TPSA) is 87.6 Å². The molecule has 1 amide bonds. The normalized spacial score (nSPS) is 24.3. The fourth-order valence-corrected chi connectivity index (χ4v) is 3.74. The molecule has 0 unspecified atom stereocenters. The molecule has 2 fully saturated rings. The molecule has 25 heavy (non-hydrogen) atoms. The molecule has 1 N–H and O–H groups in total. The van der Waals surface area contributed by atoms with Gasteiger partial charge in [0.05, 0.1) is 23.9 Å². The minimum absolute atomic E-state index is 0.198. The van der Waals surface area contributed by atoms with Gasteiger partial charge in [-0.15, -0.1) is 0 Å². The van der Waals surface area contributed by atoms with Crippen LogP contribution in [0.1, 0.15) is 29.8 Å². The Morgan fingerprint density at radius 2 is 2.16 bits per heavy atom. The van der Waals surface area contributed by atoms with Crippen LogP contribution in [-0.4, -0.2) is 74.1 Å². The lowest BCUT2D eigenvalue weighted by atomic mass is 10.0. The Bertz CT molecular complexity index is 764. The van der Waals surface area contributed by atoms with Gasteiger partial charge in [0.15, 0.2) is 11.5 Å². The highest BCUT2D eigenvalue weighted by molar-refractivity contribution is 5.93. The summed E-state index contributed by atoms with van der Waals surface area (Å²) in [5, 5.41) is 18.8. The summed E-state index contributed by atoms with van der Waals surface area (Å²) < 4.78 is 6.95. The summed E-state index contributed by atoms with van der Waals surface area (Å²) in [6.45, 7) is 3.59. The summed E-state index contributed by atoms with van der Waals surface area (Å²) in [6, 6.07) is 1.64. The Morgan fingerprint density at radius 1 is 1.36 bits per heavy atom. The van der Waals surface area contributed by atoms with Crippen LogP contribution >= 0.6 is 0 Å². The Labute approximate surface area is 146 Å². The zero-order chi connectivity index (χ0) is 17.4. The average Bonchev–Trinajstić information content (AvgIpc) is 3.33. The van der Waals surface area contributed by atoms with Crippen molar-refractivity contribution in [3.63, 3.8) is 0 Å². The number of aliphatic hydroxyl groups is 1. The van der Waals surface area contributed by atoms with Crippen molar-refractivity contribution in [2.75, 3.05) is 32.7 Å². The van der Waals surface area contributed by atoms with Gasteiger partial charge in [-0.25, -0.2) is 0 Å². The second-order valence-electron chi connectivity index (χ2n) is 7.16. The van der Waals surface area contributed by atoms with Gasteiger partial charge in [-0.3, -0.25) is 9.48 Å². The van der Waals surface area contributed by atoms with Crippen molar-refractivity contribution in [1.29, 1.82) is 0 Å². The molecule has 0 radical (unpaired) electrons. The number of carbonyl (C=O) groups is 1. The first-order chi connectivity index (χ1) is 12.0. The Morgan fingerprint density at radius 3 is 2.88 bits per heavy atom. The maximum Gasteiger partial charge on any atom is 0.276 e. The smallest absolute Gasteiger partial charge is 0.276 e. The van der Waals surface area contributed by atoms with Gasteiger partial charge in [0.2, 0.25) is 0 Å². The number of likely N-dealkylation sites (tertiary alicyclic amines) is 2. The molecule has 2 aromatic heterocycles. The molecule has 4 rings (SSSR count). The molecule has 8 heteroatoms. The van der Waals surface area contributed by atoms with Crippen molar-refractivity contribution in [3.05, 3.63) is 24.2 Å². The van der Waals surface area contributed by atoms with Crippen LogP contribution in [0.2, 0.25) is 0 Å². The standard InChI is InChI=1S/C17H23N5O3/c1-20-10-13(9-18-20)15-8-14(19-25-15)16(23)22-7-4-17(24,12-22)11-21-5-2-3-6-21/h8-10,24H,2-7,11-12H2,1H3/t17-/m0/s1. The van der Waals surface area contributed by atoms with E-state index in [2.05, 4.69) is 15.2 Å². The highest BCUT2D eigenvalue weighted by Crippen LogP contribution is 2.26. The number of aromatic nitrogens is 3. The monoisotopic (exact) mass is 345 g/mol. The maximum absolute atomic E-state index is 12.7. The second-order valence-corrected chi connectivity index (χ2v) is 7.16. The van der Waals surface area contributed by atoms with E-state index < -0.39 is 5.60 Å². The van der Waals surface area contributed by atoms with Gasteiger partial charge in [0, 0.05) is 32.4 Å². The molecule has 1 atom stereocenters. The third kappa shape index (κ3) is 3.32. The number of rotatable bonds is 4. The van der Waals surface area contributed by atoms with Crippen LogP contribution < -0.4 is 0 Å². The van der Waals surface area contributed by atoms with Gasteiger partial charge >= 0.3 is 0 Å². The third-order valence-electron chi connectivity index (χ3n) is 5.05. The van der Waals surface area contributed by atoms with Crippen molar-refractivity contribution in [3.8, 4) is 11.3 Å². The third-order valence-corrected chi connectivity index (χ3v) is 5.05. The first-order valence-corrected chi connectivity index (χ1v) is 8.72. The van der Waals surface area contributed by atoms with E-state index in [0.29, 0.717) is 31.8 Å². The molecule has 2 aliphatic rings. The molecule has 0 aromatic carbocycles. The summed E-state index contributed by atoms with van der Waals surface area (Å²) in [6.07, 6.45) is 6.45. The fourth-order valence-electron chi connectivity index (χ4n) is 3.74. The summed E-state index contributed by atoms with van der Waals surface area (Å²) >= 11 is 0. The number of nitrogens with zero attached hydrogens (tertiary/aromatic N) is 5. The molecule has 2 aliphatic heterocycles. The van der Waals surface area contributed by atoms with E-state index in [1.807, 2.05) is 7.05 Å². The first kappa shape index (κ1) is 16.3. The summed E-state index contributed by atoms with van der Waals surface area (Å²) in [4.78, 5) is 16.6. The van der Waals surface area contributed by atoms with Crippen LogP contribution in [0.4, 0.5) is 0 Å². The zero-order valence-corrected chi connectivity index (χ0v) is 14.4. The number of β-amino-alcohol motifs (C(OH)–C–C–N with tert-alkyl or cyclic N) is 1. The molecule has 4 heterocycles. The first-order valence-electron chi connectivity index (χ1n) is 8.72. The van der Waals surface area contributed by atoms with Gasteiger partial charge in [0.25, 0.3) is 5.91 Å². The quantitative estimate of drug-likeness (QED) is 0.880. The molecule has 0 aliphatic carbocycles. The number of carbonyl (C=O) groups excluding carboxylic acids is 1. The Balaban J connectivity index is 1.42. The van der Waals surface area contributed by atoms with Gasteiger partial charge in [0.1, 0.15) is 0 Å². The van der Waals surface area contributed by atoms with Crippen molar-refractivity contribution in [2.24, 2.45) is 7.05 Å². The predicted molar refractivity (Wildman–Crippen MR) is 89.8 cm³/mol. The molecular weight excluding hydrogens is 322 g/mol. The van der Waals surface area contributed by atoms with E-state index in [4.69, 9.17) is 4.52 Å². The highest BCUT2D eigenvalue weighted by Gasteiger charge is 2.40. The second kappa shape index (κ2) is 6.27. The van der Waals surface area contributed by atoms with Crippen LogP contribution in [0.15, 0.2) is 23.0 Å². The molecule has 0 spiro atoms. The molecular formula is C17H23N5O3. The van der Waals surface area contributed by atoms with Gasteiger partial charge in [-0.05, 0) is 32.4 Å². The molecule has 2 aromatic rings. The van der Waals surface area contributed by atoms with Crippen molar-refractivity contribution < 1.29 is 14.4 Å². The molecule has 0 saturated carbocycles. The number of hydrogen-bond donors (Lipinski definition) is 1. The Kier molecular flexibility index (Phi) is 4.09. The van der Waals surface area contributed by atoms with E-state index in [9.17, 15) is 9.90 Å². The van der Waals surface area contributed by atoms with E-state index >= 15 is 0 Å². The number of amides is 1. The SMILES string of the molecule is Cn1cc(-c2cc(C(=O)N3CC[C@](O)(CN4CCCC4)C3)no2)cn1. The molecule has 8 nitrogen and oxygen atoms in total. The summed E-state index contributed by atoms with van der Waals surface area (Å²) in [5.74, 6) is 0.319. The van der Waals surface area contributed by atoms with E-state index in [1.54, 1.807) is 28.0 Å². The van der Waals surface area contributed by atoms with Crippen molar-refractivity contribution in [2.45, 2.75) is 24.9 Å². The van der Waals surface area contributed by atoms with Crippen LogP contribution in [-0.2, 0) is 7.05 Å². The van der Waals surface area contributed by atoms with Gasteiger partial charge < -0.3 is 19.4 Å². The fraction of sp³-hybridized carbons (Fsp3) is 0.588.